The van der Waals surface area contributed by atoms with Crippen LogP contribution >= 0.6 is 0 Å². The van der Waals surface area contributed by atoms with Crippen LogP contribution in [0.1, 0.15) is 6.92 Å². The fourth-order valence-electron chi connectivity index (χ4n) is 1.98. The molecule has 1 aliphatic rings. The van der Waals surface area contributed by atoms with E-state index in [2.05, 4.69) is 15.8 Å². The summed E-state index contributed by atoms with van der Waals surface area (Å²) in [6.07, 6.45) is -0.169. The summed E-state index contributed by atoms with van der Waals surface area (Å²) in [4.78, 5) is 23.9. The first-order chi connectivity index (χ1) is 10.5. The van der Waals surface area contributed by atoms with E-state index in [0.717, 1.165) is 12.4 Å². The molecule has 1 aromatic carbocycles. The molecule has 0 spiro atoms. The molecule has 0 saturated carbocycles. The lowest BCUT2D eigenvalue weighted by molar-refractivity contribution is -0.119. The molecule has 0 radical (unpaired) electrons. The minimum absolute atomic E-state index is 0.101. The first-order valence-corrected chi connectivity index (χ1v) is 6.46. The van der Waals surface area contributed by atoms with Crippen LogP contribution < -0.4 is 15.5 Å². The Morgan fingerprint density at radius 3 is 3.05 bits per heavy atom. The van der Waals surface area contributed by atoms with Crippen LogP contribution in [0.15, 0.2) is 23.4 Å². The van der Waals surface area contributed by atoms with Gasteiger partial charge in [0.15, 0.2) is 0 Å². The van der Waals surface area contributed by atoms with Crippen molar-refractivity contribution >= 4 is 29.7 Å². The summed E-state index contributed by atoms with van der Waals surface area (Å²) in [7, 11) is 0. The Hall–Kier alpha value is -2.84. The van der Waals surface area contributed by atoms with Gasteiger partial charge >= 0.3 is 6.09 Å². The van der Waals surface area contributed by atoms with Gasteiger partial charge in [-0.05, 0) is 18.2 Å². The monoisotopic (exact) mass is 310 g/mol. The van der Waals surface area contributed by atoms with Crippen molar-refractivity contribution in [3.63, 3.8) is 0 Å². The number of rotatable bonds is 5. The van der Waals surface area contributed by atoms with E-state index >= 15 is 0 Å². The van der Waals surface area contributed by atoms with E-state index in [0.29, 0.717) is 5.69 Å². The highest BCUT2D eigenvalue weighted by molar-refractivity contribution is 5.90. The topological polar surface area (TPSA) is 103 Å². The van der Waals surface area contributed by atoms with Gasteiger partial charge in [-0.3, -0.25) is 9.69 Å². The minimum atomic E-state index is -0.615. The molecule has 1 heterocycles. The predicted octanol–water partition coefficient (Wildman–Crippen LogP) is 1.12. The van der Waals surface area contributed by atoms with Gasteiger partial charge in [0.25, 0.3) is 0 Å². The van der Waals surface area contributed by atoms with Crippen LogP contribution in [0.3, 0.4) is 0 Å². The average Bonchev–Trinajstić information content (AvgIpc) is 2.85. The van der Waals surface area contributed by atoms with Crippen molar-refractivity contribution in [3.8, 4) is 0 Å². The molecule has 1 saturated heterocycles. The molecule has 1 aliphatic heterocycles. The zero-order valence-electron chi connectivity index (χ0n) is 11.7. The van der Waals surface area contributed by atoms with Crippen LogP contribution in [0.2, 0.25) is 0 Å². The van der Waals surface area contributed by atoms with Gasteiger partial charge in [0.2, 0.25) is 5.91 Å². The molecule has 0 unspecified atom stereocenters. The number of cyclic esters (lactones) is 1. The van der Waals surface area contributed by atoms with E-state index in [9.17, 15) is 14.0 Å². The number of amides is 2. The lowest BCUT2D eigenvalue weighted by atomic mass is 10.2. The summed E-state index contributed by atoms with van der Waals surface area (Å²) >= 11 is 0. The van der Waals surface area contributed by atoms with Crippen LogP contribution in [0, 0.1) is 5.82 Å². The number of carbonyl (C=O) groups is 2. The van der Waals surface area contributed by atoms with Crippen molar-refractivity contribution in [1.82, 2.24) is 5.32 Å². The largest absolute Gasteiger partial charge is 0.442 e. The number of halogens is 1. The van der Waals surface area contributed by atoms with E-state index in [1.165, 1.54) is 24.0 Å². The van der Waals surface area contributed by atoms with Gasteiger partial charge in [0, 0.05) is 6.92 Å². The van der Waals surface area contributed by atoms with E-state index in [4.69, 9.17) is 9.94 Å². The molecule has 0 bridgehead atoms. The molecular weight excluding hydrogens is 295 g/mol. The molecular formula is C13H15FN4O4. The minimum Gasteiger partial charge on any atom is -0.442 e. The highest BCUT2D eigenvalue weighted by Crippen LogP contribution is 2.25. The molecule has 9 heteroatoms. The summed E-state index contributed by atoms with van der Waals surface area (Å²) in [6, 6.07) is 4.09. The number of ether oxygens (including phenoxy) is 1. The van der Waals surface area contributed by atoms with Crippen LogP contribution in [0.4, 0.5) is 20.6 Å². The lowest BCUT2D eigenvalue weighted by Crippen LogP contribution is -2.33. The third-order valence-corrected chi connectivity index (χ3v) is 2.99. The molecule has 2 amide bonds. The van der Waals surface area contributed by atoms with Crippen molar-refractivity contribution in [2.45, 2.75) is 13.0 Å². The van der Waals surface area contributed by atoms with Crippen LogP contribution in [0.5, 0.6) is 0 Å². The predicted molar refractivity (Wildman–Crippen MR) is 76.6 cm³/mol. The fraction of sp³-hybridized carbons (Fsp3) is 0.308. The molecule has 1 fully saturated rings. The van der Waals surface area contributed by atoms with E-state index < -0.39 is 18.0 Å². The second-order valence-electron chi connectivity index (χ2n) is 4.61. The lowest BCUT2D eigenvalue weighted by Gasteiger charge is -2.14. The van der Waals surface area contributed by atoms with Crippen molar-refractivity contribution in [3.05, 3.63) is 24.0 Å². The standard InChI is InChI=1S/C13H15FN4O4/c1-8(19)15-5-10-6-18(13(20)22-10)9-2-3-12(11(14)4-9)16-7-17-21/h2-4,7,10,21H,5-6H2,1H3,(H,15,19)(H,16,17)/t10-/m0/s1. The van der Waals surface area contributed by atoms with Crippen molar-refractivity contribution in [2.24, 2.45) is 5.16 Å². The fourth-order valence-corrected chi connectivity index (χ4v) is 1.98. The van der Waals surface area contributed by atoms with Crippen molar-refractivity contribution in [2.75, 3.05) is 23.3 Å². The summed E-state index contributed by atoms with van der Waals surface area (Å²) in [5, 5.41) is 16.0. The third-order valence-electron chi connectivity index (χ3n) is 2.99. The number of anilines is 2. The molecule has 118 valence electrons. The van der Waals surface area contributed by atoms with Gasteiger partial charge in [-0.15, -0.1) is 0 Å². The normalized spacial score (nSPS) is 17.6. The molecule has 0 aliphatic carbocycles. The summed E-state index contributed by atoms with van der Waals surface area (Å²) in [5.41, 5.74) is 0.434. The van der Waals surface area contributed by atoms with Gasteiger partial charge < -0.3 is 20.6 Å². The van der Waals surface area contributed by atoms with Crippen molar-refractivity contribution in [1.29, 1.82) is 0 Å². The second-order valence-corrected chi connectivity index (χ2v) is 4.61. The Labute approximate surface area is 125 Å². The Morgan fingerprint density at radius 1 is 1.64 bits per heavy atom. The highest BCUT2D eigenvalue weighted by atomic mass is 19.1. The quantitative estimate of drug-likeness (QED) is 0.327. The van der Waals surface area contributed by atoms with Gasteiger partial charge in [-0.1, -0.05) is 5.16 Å². The Bertz CT molecular complexity index is 608. The summed E-state index contributed by atoms with van der Waals surface area (Å²) in [6.45, 7) is 1.78. The Kier molecular flexibility index (Phi) is 4.77. The highest BCUT2D eigenvalue weighted by Gasteiger charge is 2.32. The number of hydrogen-bond donors (Lipinski definition) is 3. The maximum Gasteiger partial charge on any atom is 0.414 e. The first-order valence-electron chi connectivity index (χ1n) is 6.46. The van der Waals surface area contributed by atoms with Crippen LogP contribution in [-0.2, 0) is 9.53 Å². The van der Waals surface area contributed by atoms with Crippen LogP contribution in [-0.4, -0.2) is 42.7 Å². The second kappa shape index (κ2) is 6.74. The van der Waals surface area contributed by atoms with Gasteiger partial charge in [-0.25, -0.2) is 9.18 Å². The Morgan fingerprint density at radius 2 is 2.41 bits per heavy atom. The van der Waals surface area contributed by atoms with Crippen LogP contribution in [0.25, 0.3) is 0 Å². The van der Waals surface area contributed by atoms with Gasteiger partial charge in [0.05, 0.1) is 24.5 Å². The maximum absolute atomic E-state index is 13.9. The summed E-state index contributed by atoms with van der Waals surface area (Å²) in [5.74, 6) is -0.836. The third kappa shape index (κ3) is 3.62. The van der Waals surface area contributed by atoms with E-state index in [1.54, 1.807) is 0 Å². The zero-order chi connectivity index (χ0) is 16.1. The molecule has 22 heavy (non-hydrogen) atoms. The first kappa shape index (κ1) is 15.5. The molecule has 2 rings (SSSR count). The number of nitrogens with zero attached hydrogens (tertiary/aromatic N) is 2. The number of oxime groups is 1. The molecule has 1 aromatic rings. The van der Waals surface area contributed by atoms with Gasteiger partial charge in [-0.2, -0.15) is 0 Å². The zero-order valence-corrected chi connectivity index (χ0v) is 11.7. The molecule has 1 atom stereocenters. The molecule has 0 aromatic heterocycles. The summed E-state index contributed by atoms with van der Waals surface area (Å²) < 4.78 is 19.0. The van der Waals surface area contributed by atoms with E-state index in [-0.39, 0.29) is 24.7 Å². The number of carbonyl (C=O) groups excluding carboxylic acids is 2. The number of nitrogens with one attached hydrogen (secondary N) is 2. The average molecular weight is 310 g/mol. The van der Waals surface area contributed by atoms with Gasteiger partial charge in [0.1, 0.15) is 18.3 Å². The Balaban J connectivity index is 2.06. The smallest absolute Gasteiger partial charge is 0.414 e. The number of hydrogen-bond acceptors (Lipinski definition) is 5. The van der Waals surface area contributed by atoms with E-state index in [1.807, 2.05) is 0 Å². The molecule has 3 N–H and O–H groups in total. The number of benzene rings is 1. The van der Waals surface area contributed by atoms with Crippen molar-refractivity contribution < 1.29 is 23.9 Å². The molecule has 8 nitrogen and oxygen atoms in total. The SMILES string of the molecule is CC(=O)NC[C@H]1CN(c2ccc(N/C=N\O)c(F)c2)C(=O)O1. The maximum atomic E-state index is 13.9.